The van der Waals surface area contributed by atoms with Gasteiger partial charge in [0.2, 0.25) is 23.6 Å². The van der Waals surface area contributed by atoms with Crippen molar-refractivity contribution in [2.75, 3.05) is 0 Å². The van der Waals surface area contributed by atoms with Crippen LogP contribution >= 0.6 is 0 Å². The van der Waals surface area contributed by atoms with Crippen molar-refractivity contribution in [3.8, 4) is 0 Å². The Hall–Kier alpha value is -5.52. The van der Waals surface area contributed by atoms with Crippen LogP contribution in [0.25, 0.3) is 0 Å². The normalized spacial score (nSPS) is 13.7. The molecule has 3 aromatic rings. The van der Waals surface area contributed by atoms with Crippen LogP contribution in [0.1, 0.15) is 104 Å². The third-order valence-electron chi connectivity index (χ3n) is 9.93. The van der Waals surface area contributed by atoms with Crippen LogP contribution in [0.4, 0.5) is 4.79 Å². The maximum atomic E-state index is 14.3. The summed E-state index contributed by atoms with van der Waals surface area (Å²) in [5.74, 6) is -2.28. The Kier molecular flexibility index (Phi) is 21.0. The lowest BCUT2D eigenvalue weighted by atomic mass is 9.97. The molecule has 0 aliphatic carbocycles. The molecule has 5 unspecified atom stereocenters. The highest BCUT2D eigenvalue weighted by molar-refractivity contribution is 5.96. The molecule has 0 bridgehead atoms. The number of unbranched alkanes of at least 4 members (excludes halogenated alkanes) is 2. The molecular formula is C48H68N6O6. The molecule has 0 fully saturated rings. The average molecular weight is 825 g/mol. The first kappa shape index (κ1) is 48.8. The molecular weight excluding hydrogens is 757 g/mol. The van der Waals surface area contributed by atoms with Gasteiger partial charge in [-0.2, -0.15) is 0 Å². The van der Waals surface area contributed by atoms with Gasteiger partial charge >= 0.3 is 6.03 Å². The molecule has 0 heterocycles. The highest BCUT2D eigenvalue weighted by Gasteiger charge is 2.33. The SMILES string of the molecule is CCCCCC(=O)C(Cc1ccccc1)NC(=O)C(CC(C)C)NC(=O)C(Cc1ccccc1)NC(=O)C(CC(C)C)NC(=O)C(Cc1ccccc1)NC(=O)NC(C)C. The molecule has 3 aromatic carbocycles. The second-order valence-electron chi connectivity index (χ2n) is 16.8. The minimum atomic E-state index is -1.13. The average Bonchev–Trinajstić information content (AvgIpc) is 3.20. The number of urea groups is 1. The zero-order chi connectivity index (χ0) is 44.0. The summed E-state index contributed by atoms with van der Waals surface area (Å²) in [5.41, 5.74) is 2.50. The van der Waals surface area contributed by atoms with Crippen LogP contribution in [-0.2, 0) is 43.2 Å². The summed E-state index contributed by atoms with van der Waals surface area (Å²) in [4.78, 5) is 82.9. The number of benzene rings is 3. The topological polar surface area (TPSA) is 175 Å². The third-order valence-corrected chi connectivity index (χ3v) is 9.93. The van der Waals surface area contributed by atoms with Gasteiger partial charge in [0, 0.05) is 25.3 Å². The molecule has 0 aromatic heterocycles. The van der Waals surface area contributed by atoms with E-state index in [0.29, 0.717) is 12.8 Å². The first-order chi connectivity index (χ1) is 28.6. The summed E-state index contributed by atoms with van der Waals surface area (Å²) in [5, 5.41) is 17.2. The van der Waals surface area contributed by atoms with Gasteiger partial charge in [-0.25, -0.2) is 4.79 Å². The molecule has 0 spiro atoms. The van der Waals surface area contributed by atoms with Crippen LogP contribution < -0.4 is 31.9 Å². The van der Waals surface area contributed by atoms with Gasteiger partial charge < -0.3 is 31.9 Å². The monoisotopic (exact) mass is 825 g/mol. The Bertz CT molecular complexity index is 1790. The largest absolute Gasteiger partial charge is 0.344 e. The van der Waals surface area contributed by atoms with Crippen molar-refractivity contribution in [1.29, 1.82) is 0 Å². The molecule has 6 N–H and O–H groups in total. The van der Waals surface area contributed by atoms with Crippen molar-refractivity contribution in [3.63, 3.8) is 0 Å². The number of ketones is 1. The highest BCUT2D eigenvalue weighted by atomic mass is 16.2. The zero-order valence-electron chi connectivity index (χ0n) is 36.6. The molecule has 3 rings (SSSR count). The maximum absolute atomic E-state index is 14.3. The molecule has 0 aliphatic rings. The van der Waals surface area contributed by atoms with Gasteiger partial charge in [0.1, 0.15) is 24.2 Å². The van der Waals surface area contributed by atoms with Gasteiger partial charge in [0.25, 0.3) is 0 Å². The molecule has 12 heteroatoms. The fourth-order valence-corrected chi connectivity index (χ4v) is 6.89. The van der Waals surface area contributed by atoms with Crippen molar-refractivity contribution >= 4 is 35.4 Å². The zero-order valence-corrected chi connectivity index (χ0v) is 36.6. The maximum Gasteiger partial charge on any atom is 0.315 e. The Morgan fingerprint density at radius 3 is 1.17 bits per heavy atom. The molecule has 6 amide bonds. The van der Waals surface area contributed by atoms with E-state index in [1.54, 1.807) is 0 Å². The summed E-state index contributed by atoms with van der Waals surface area (Å²) in [7, 11) is 0. The predicted octanol–water partition coefficient (Wildman–Crippen LogP) is 5.97. The number of Topliss-reactive ketones (excluding diaryl/α,β-unsaturated/α-hetero) is 1. The predicted molar refractivity (Wildman–Crippen MR) is 237 cm³/mol. The minimum absolute atomic E-state index is 0.00161. The Balaban J connectivity index is 1.88. The molecule has 5 atom stereocenters. The van der Waals surface area contributed by atoms with Crippen LogP contribution in [0.2, 0.25) is 0 Å². The van der Waals surface area contributed by atoms with Crippen LogP contribution in [-0.4, -0.2) is 71.7 Å². The number of rotatable bonds is 25. The first-order valence-electron chi connectivity index (χ1n) is 21.6. The highest BCUT2D eigenvalue weighted by Crippen LogP contribution is 2.14. The van der Waals surface area contributed by atoms with Crippen LogP contribution in [0.5, 0.6) is 0 Å². The van der Waals surface area contributed by atoms with Crippen molar-refractivity contribution in [2.24, 2.45) is 11.8 Å². The molecule has 326 valence electrons. The van der Waals surface area contributed by atoms with E-state index in [4.69, 9.17) is 0 Å². The fraction of sp³-hybridized carbons (Fsp3) is 0.500. The van der Waals surface area contributed by atoms with Crippen molar-refractivity contribution in [2.45, 2.75) is 143 Å². The van der Waals surface area contributed by atoms with Gasteiger partial charge in [-0.3, -0.25) is 24.0 Å². The van der Waals surface area contributed by atoms with Crippen LogP contribution in [0.15, 0.2) is 91.0 Å². The van der Waals surface area contributed by atoms with E-state index in [0.717, 1.165) is 36.0 Å². The smallest absolute Gasteiger partial charge is 0.315 e. The Morgan fingerprint density at radius 1 is 0.433 bits per heavy atom. The first-order valence-corrected chi connectivity index (χ1v) is 21.6. The van der Waals surface area contributed by atoms with E-state index < -0.39 is 59.9 Å². The van der Waals surface area contributed by atoms with Crippen molar-refractivity contribution in [1.82, 2.24) is 31.9 Å². The quantitative estimate of drug-likeness (QED) is 0.0575. The van der Waals surface area contributed by atoms with Gasteiger partial charge in [-0.1, -0.05) is 138 Å². The van der Waals surface area contributed by atoms with E-state index in [-0.39, 0.29) is 49.3 Å². The van der Waals surface area contributed by atoms with Crippen LogP contribution in [0.3, 0.4) is 0 Å². The van der Waals surface area contributed by atoms with Gasteiger partial charge in [0.05, 0.1) is 6.04 Å². The van der Waals surface area contributed by atoms with Crippen molar-refractivity contribution < 1.29 is 28.8 Å². The Morgan fingerprint density at radius 2 is 0.783 bits per heavy atom. The number of nitrogens with one attached hydrogen (secondary N) is 6. The number of hydrogen-bond acceptors (Lipinski definition) is 6. The summed E-state index contributed by atoms with van der Waals surface area (Å²) in [6.07, 6.45) is 4.07. The standard InChI is InChI=1S/C48H68N6O6/c1-8-9-13-26-43(55)38(29-35-20-14-10-15-21-35)50-44(56)39(27-32(2)3)51-46(58)41(30-36-22-16-11-17-23-36)53-45(57)40(28-33(4)5)52-47(59)42(54-48(60)49-34(6)7)31-37-24-18-12-19-25-37/h10-12,14-25,32-34,38-42H,8-9,13,26-31H2,1-7H3,(H,50,56)(H,51,58)(H,52,59)(H,53,57)(H2,49,54,60). The molecule has 12 nitrogen and oxygen atoms in total. The number of carbonyl (C=O) groups is 6. The molecule has 0 saturated heterocycles. The summed E-state index contributed by atoms with van der Waals surface area (Å²) < 4.78 is 0. The van der Waals surface area contributed by atoms with Gasteiger partial charge in [-0.15, -0.1) is 0 Å². The van der Waals surface area contributed by atoms with E-state index in [1.165, 1.54) is 0 Å². The lowest BCUT2D eigenvalue weighted by molar-refractivity contribution is -0.135. The lowest BCUT2D eigenvalue weighted by Crippen LogP contribution is -2.60. The molecule has 0 aliphatic heterocycles. The molecule has 0 radical (unpaired) electrons. The lowest BCUT2D eigenvalue weighted by Gasteiger charge is -2.28. The van der Waals surface area contributed by atoms with Crippen LogP contribution in [0, 0.1) is 11.8 Å². The van der Waals surface area contributed by atoms with Crippen molar-refractivity contribution in [3.05, 3.63) is 108 Å². The number of amides is 6. The van der Waals surface area contributed by atoms with Gasteiger partial charge in [-0.05, 0) is 68.1 Å². The van der Waals surface area contributed by atoms with E-state index in [9.17, 15) is 28.8 Å². The molecule has 60 heavy (non-hydrogen) atoms. The summed E-state index contributed by atoms with van der Waals surface area (Å²) >= 11 is 0. The second kappa shape index (κ2) is 25.9. The summed E-state index contributed by atoms with van der Waals surface area (Å²) in [6.45, 7) is 13.4. The number of hydrogen-bond donors (Lipinski definition) is 6. The third kappa shape index (κ3) is 18.2. The van der Waals surface area contributed by atoms with E-state index >= 15 is 0 Å². The number of carbonyl (C=O) groups excluding carboxylic acids is 6. The summed E-state index contributed by atoms with van der Waals surface area (Å²) in [6, 6.07) is 22.4. The van der Waals surface area contributed by atoms with E-state index in [2.05, 4.69) is 38.8 Å². The Labute approximate surface area is 357 Å². The van der Waals surface area contributed by atoms with E-state index in [1.807, 2.05) is 133 Å². The second-order valence-corrected chi connectivity index (χ2v) is 16.8. The fourth-order valence-electron chi connectivity index (χ4n) is 6.89. The molecule has 0 saturated carbocycles. The minimum Gasteiger partial charge on any atom is -0.344 e. The van der Waals surface area contributed by atoms with Gasteiger partial charge in [0.15, 0.2) is 5.78 Å².